The van der Waals surface area contributed by atoms with Crippen molar-refractivity contribution in [1.82, 2.24) is 9.13 Å². The molecule has 1 aromatic heterocycles. The van der Waals surface area contributed by atoms with Crippen molar-refractivity contribution in [1.29, 1.82) is 0 Å². The number of benzene rings is 2. The van der Waals surface area contributed by atoms with Gasteiger partial charge in [0.05, 0.1) is 19.9 Å². The molecule has 2 heterocycles. The number of hydrogen-bond acceptors (Lipinski definition) is 8. The molecule has 0 spiro atoms. The fraction of sp³-hybridized carbons (Fsp3) is 0.261. The largest absolute Gasteiger partial charge is 0.508 e. The number of rotatable bonds is 5. The Bertz CT molecular complexity index is 1390. The molecule has 0 bridgehead atoms. The predicted octanol–water partition coefficient (Wildman–Crippen LogP) is 1.17. The highest BCUT2D eigenvalue weighted by Crippen LogP contribution is 2.32. The zero-order chi connectivity index (χ0) is 24.6. The van der Waals surface area contributed by atoms with E-state index in [4.69, 9.17) is 19.9 Å². The van der Waals surface area contributed by atoms with Gasteiger partial charge in [-0.2, -0.15) is 0 Å². The van der Waals surface area contributed by atoms with Gasteiger partial charge >= 0.3 is 5.69 Å². The molecule has 0 radical (unpaired) electrons. The van der Waals surface area contributed by atoms with Crippen LogP contribution in [-0.4, -0.2) is 40.5 Å². The summed E-state index contributed by atoms with van der Waals surface area (Å²) in [5, 5.41) is 12.2. The monoisotopic (exact) mass is 468 g/mol. The first-order valence-electron chi connectivity index (χ1n) is 10.4. The summed E-state index contributed by atoms with van der Waals surface area (Å²) in [5.74, 6) is 0.555. The van der Waals surface area contributed by atoms with Crippen molar-refractivity contribution < 1.29 is 24.1 Å². The number of aromatic hydroxyl groups is 1. The SMILES string of the molecule is COc1ccc(-n2c(N)c(NC(=O)C3CCc4cc(O)ccc4O3)c(=O)n(C)c2=O)cc1OC. The third kappa shape index (κ3) is 3.91. The lowest BCUT2D eigenvalue weighted by Gasteiger charge is -2.25. The van der Waals surface area contributed by atoms with Gasteiger partial charge < -0.3 is 30.4 Å². The Balaban J connectivity index is 1.70. The van der Waals surface area contributed by atoms with Gasteiger partial charge in [-0.1, -0.05) is 0 Å². The minimum absolute atomic E-state index is 0.110. The van der Waals surface area contributed by atoms with Gasteiger partial charge in [-0.15, -0.1) is 0 Å². The molecule has 1 aliphatic rings. The zero-order valence-corrected chi connectivity index (χ0v) is 18.8. The first-order chi connectivity index (χ1) is 16.2. The number of hydrogen-bond donors (Lipinski definition) is 3. The van der Waals surface area contributed by atoms with E-state index in [1.165, 1.54) is 33.4 Å². The van der Waals surface area contributed by atoms with E-state index < -0.39 is 23.3 Å². The Labute approximate surface area is 193 Å². The van der Waals surface area contributed by atoms with Crippen molar-refractivity contribution in [3.8, 4) is 28.7 Å². The predicted molar refractivity (Wildman–Crippen MR) is 124 cm³/mol. The van der Waals surface area contributed by atoms with Gasteiger partial charge in [-0.05, 0) is 48.7 Å². The van der Waals surface area contributed by atoms with Crippen LogP contribution in [0.2, 0.25) is 0 Å². The van der Waals surface area contributed by atoms with Gasteiger partial charge in [0, 0.05) is 13.1 Å². The molecule has 1 unspecified atom stereocenters. The van der Waals surface area contributed by atoms with Crippen LogP contribution in [0.25, 0.3) is 5.69 Å². The third-order valence-corrected chi connectivity index (χ3v) is 5.65. The Morgan fingerprint density at radius 2 is 1.88 bits per heavy atom. The number of nitrogen functional groups attached to an aromatic ring is 1. The number of nitrogens with two attached hydrogens (primary N) is 1. The fourth-order valence-corrected chi connectivity index (χ4v) is 3.82. The number of nitrogens with zero attached hydrogens (tertiary/aromatic N) is 2. The number of ether oxygens (including phenoxy) is 3. The van der Waals surface area contributed by atoms with Crippen LogP contribution in [0, 0.1) is 0 Å². The van der Waals surface area contributed by atoms with E-state index >= 15 is 0 Å². The molecule has 2 aromatic carbocycles. The quantitative estimate of drug-likeness (QED) is 0.506. The number of aryl methyl sites for hydroxylation is 1. The number of fused-ring (bicyclic) bond motifs is 1. The first-order valence-corrected chi connectivity index (χ1v) is 10.4. The van der Waals surface area contributed by atoms with Gasteiger partial charge in [0.15, 0.2) is 17.6 Å². The van der Waals surface area contributed by atoms with E-state index in [2.05, 4.69) is 5.32 Å². The molecule has 4 N–H and O–H groups in total. The van der Waals surface area contributed by atoms with E-state index in [1.54, 1.807) is 24.3 Å². The molecule has 1 aliphatic heterocycles. The normalized spacial score (nSPS) is 14.6. The summed E-state index contributed by atoms with van der Waals surface area (Å²) in [7, 11) is 4.22. The molecule has 1 atom stereocenters. The standard InChI is InChI=1S/C23H24N4O7/c1-26-22(30)19(25-21(29)17-7-4-12-10-14(28)6-9-15(12)34-17)20(24)27(23(26)31)13-5-8-16(32-2)18(11-13)33-3/h5-6,8-11,17,28H,4,7,24H2,1-3H3,(H,25,29). The summed E-state index contributed by atoms with van der Waals surface area (Å²) >= 11 is 0. The highest BCUT2D eigenvalue weighted by Gasteiger charge is 2.28. The van der Waals surface area contributed by atoms with E-state index in [0.29, 0.717) is 35.8 Å². The minimum Gasteiger partial charge on any atom is -0.508 e. The lowest BCUT2D eigenvalue weighted by Crippen LogP contribution is -2.43. The van der Waals surface area contributed by atoms with Crippen LogP contribution in [0.4, 0.5) is 11.5 Å². The average molecular weight is 468 g/mol. The van der Waals surface area contributed by atoms with E-state index in [9.17, 15) is 19.5 Å². The number of phenolic OH excluding ortho intramolecular Hbond substituents is 1. The molecule has 4 rings (SSSR count). The Kier molecular flexibility index (Phi) is 5.93. The lowest BCUT2D eigenvalue weighted by molar-refractivity contribution is -0.123. The number of carbonyl (C=O) groups is 1. The molecule has 0 aliphatic carbocycles. The Hall–Kier alpha value is -4.41. The number of amides is 1. The summed E-state index contributed by atoms with van der Waals surface area (Å²) in [6.45, 7) is 0. The highest BCUT2D eigenvalue weighted by atomic mass is 16.5. The molecule has 11 nitrogen and oxygen atoms in total. The molecule has 34 heavy (non-hydrogen) atoms. The number of methoxy groups -OCH3 is 2. The lowest BCUT2D eigenvalue weighted by atomic mass is 10.0. The van der Waals surface area contributed by atoms with E-state index in [-0.39, 0.29) is 17.3 Å². The number of phenols is 1. The van der Waals surface area contributed by atoms with Crippen LogP contribution in [-0.2, 0) is 18.3 Å². The van der Waals surface area contributed by atoms with Crippen molar-refractivity contribution in [3.63, 3.8) is 0 Å². The van der Waals surface area contributed by atoms with Crippen molar-refractivity contribution in [2.45, 2.75) is 18.9 Å². The fourth-order valence-electron chi connectivity index (χ4n) is 3.82. The van der Waals surface area contributed by atoms with Crippen LogP contribution in [0.3, 0.4) is 0 Å². The van der Waals surface area contributed by atoms with Crippen LogP contribution in [0.5, 0.6) is 23.0 Å². The minimum atomic E-state index is -0.886. The maximum Gasteiger partial charge on any atom is 0.337 e. The molecule has 3 aromatic rings. The summed E-state index contributed by atoms with van der Waals surface area (Å²) in [4.78, 5) is 38.7. The molecule has 0 saturated carbocycles. The van der Waals surface area contributed by atoms with Gasteiger partial charge in [0.25, 0.3) is 11.5 Å². The summed E-state index contributed by atoms with van der Waals surface area (Å²) in [6.07, 6.45) is -0.0549. The molecule has 1 amide bonds. The summed E-state index contributed by atoms with van der Waals surface area (Å²) in [6, 6.07) is 9.32. The molecular weight excluding hydrogens is 444 g/mol. The van der Waals surface area contributed by atoms with Gasteiger partial charge in [-0.25, -0.2) is 9.36 Å². The molecule has 0 saturated heterocycles. The number of carbonyl (C=O) groups excluding carboxylic acids is 1. The van der Waals surface area contributed by atoms with Crippen molar-refractivity contribution >= 4 is 17.4 Å². The maximum atomic E-state index is 13.0. The molecule has 11 heteroatoms. The summed E-state index contributed by atoms with van der Waals surface area (Å²) in [5.41, 5.74) is 5.60. The van der Waals surface area contributed by atoms with Crippen molar-refractivity contribution in [2.24, 2.45) is 7.05 Å². The van der Waals surface area contributed by atoms with Crippen molar-refractivity contribution in [2.75, 3.05) is 25.3 Å². The van der Waals surface area contributed by atoms with Gasteiger partial charge in [-0.3, -0.25) is 14.2 Å². The first kappa shape index (κ1) is 22.8. The Morgan fingerprint density at radius 3 is 2.59 bits per heavy atom. The average Bonchev–Trinajstić information content (AvgIpc) is 2.84. The molecular formula is C23H24N4O7. The maximum absolute atomic E-state index is 13.0. The third-order valence-electron chi connectivity index (χ3n) is 5.65. The Morgan fingerprint density at radius 1 is 1.15 bits per heavy atom. The van der Waals surface area contributed by atoms with Crippen molar-refractivity contribution in [3.05, 3.63) is 62.8 Å². The van der Waals surface area contributed by atoms with Crippen LogP contribution < -0.4 is 36.5 Å². The second kappa shape index (κ2) is 8.85. The number of aromatic nitrogens is 2. The summed E-state index contributed by atoms with van der Waals surface area (Å²) < 4.78 is 18.2. The van der Waals surface area contributed by atoms with Crippen LogP contribution in [0.1, 0.15) is 12.0 Å². The smallest absolute Gasteiger partial charge is 0.337 e. The topological polar surface area (TPSA) is 147 Å². The van der Waals surface area contributed by atoms with Gasteiger partial charge in [0.2, 0.25) is 0 Å². The van der Waals surface area contributed by atoms with Crippen LogP contribution >= 0.6 is 0 Å². The number of anilines is 2. The van der Waals surface area contributed by atoms with E-state index in [1.807, 2.05) is 0 Å². The van der Waals surface area contributed by atoms with Gasteiger partial charge in [0.1, 0.15) is 23.0 Å². The zero-order valence-electron chi connectivity index (χ0n) is 18.8. The van der Waals surface area contributed by atoms with E-state index in [0.717, 1.165) is 14.7 Å². The highest BCUT2D eigenvalue weighted by molar-refractivity contribution is 5.96. The molecule has 0 fully saturated rings. The second-order valence-corrected chi connectivity index (χ2v) is 7.71. The van der Waals surface area contributed by atoms with Crippen LogP contribution in [0.15, 0.2) is 46.0 Å². The molecule has 178 valence electrons. The second-order valence-electron chi connectivity index (χ2n) is 7.71. The number of nitrogens with one attached hydrogen (secondary N) is 1.